The zero-order chi connectivity index (χ0) is 17.3. The molecule has 2 heterocycles. The summed E-state index contributed by atoms with van der Waals surface area (Å²) in [5, 5.41) is 7.04. The van der Waals surface area contributed by atoms with Crippen molar-refractivity contribution < 1.29 is 13.9 Å². The first-order chi connectivity index (χ1) is 11.5. The maximum absolute atomic E-state index is 13.0. The van der Waals surface area contributed by atoms with E-state index >= 15 is 0 Å². The van der Waals surface area contributed by atoms with Gasteiger partial charge in [-0.3, -0.25) is 4.79 Å². The molecule has 0 aliphatic carbocycles. The highest BCUT2D eigenvalue weighted by molar-refractivity contribution is 7.18. The predicted octanol–water partition coefficient (Wildman–Crippen LogP) is 2.64. The van der Waals surface area contributed by atoms with Crippen LogP contribution in [0.4, 0.5) is 4.39 Å². The number of methoxy groups -OCH3 is 1. The van der Waals surface area contributed by atoms with Gasteiger partial charge in [0.05, 0.1) is 29.5 Å². The lowest BCUT2D eigenvalue weighted by Gasteiger charge is -2.04. The lowest BCUT2D eigenvalue weighted by atomic mass is 10.2. The smallest absolute Gasteiger partial charge is 0.255 e. The summed E-state index contributed by atoms with van der Waals surface area (Å²) in [5.74, 6) is -0.0468. The van der Waals surface area contributed by atoms with Gasteiger partial charge in [-0.05, 0) is 31.2 Å². The van der Waals surface area contributed by atoms with Gasteiger partial charge in [0.25, 0.3) is 5.91 Å². The molecule has 8 heteroatoms. The van der Waals surface area contributed by atoms with Crippen molar-refractivity contribution in [3.63, 3.8) is 0 Å². The fraction of sp³-hybridized carbons (Fsp3) is 0.188. The van der Waals surface area contributed by atoms with Crippen molar-refractivity contribution in [3.05, 3.63) is 46.9 Å². The molecule has 2 aromatic heterocycles. The summed E-state index contributed by atoms with van der Waals surface area (Å²) in [6.45, 7) is 1.86. The zero-order valence-electron chi connectivity index (χ0n) is 13.3. The van der Waals surface area contributed by atoms with E-state index in [4.69, 9.17) is 4.74 Å². The molecular formula is C16H15FN4O2S. The number of benzene rings is 1. The molecule has 6 nitrogen and oxygen atoms in total. The summed E-state index contributed by atoms with van der Waals surface area (Å²) in [6.07, 6.45) is 1.40. The van der Waals surface area contributed by atoms with Crippen LogP contribution in [0.2, 0.25) is 0 Å². The highest BCUT2D eigenvalue weighted by Crippen LogP contribution is 2.30. The number of carbonyl (C=O) groups excluding carboxylic acids is 1. The standard InChI is InChI=1S/C16H15FN4O2S/c1-9-13(12(8-23-3)15(22)18-2)24-16-19-14(20-21(9)16)10-4-6-11(17)7-5-10/h4-8H,1-3H3,(H,18,22)/b12-8-. The molecule has 3 rings (SSSR count). The van der Waals surface area contributed by atoms with Gasteiger partial charge in [0.1, 0.15) is 5.82 Å². The average molecular weight is 346 g/mol. The maximum Gasteiger partial charge on any atom is 0.255 e. The van der Waals surface area contributed by atoms with Crippen LogP contribution in [-0.4, -0.2) is 34.7 Å². The molecule has 0 aliphatic rings. The number of rotatable bonds is 4. The van der Waals surface area contributed by atoms with Crippen LogP contribution in [0.1, 0.15) is 10.6 Å². The van der Waals surface area contributed by atoms with Gasteiger partial charge in [-0.2, -0.15) is 4.98 Å². The number of carbonyl (C=O) groups is 1. The Bertz CT molecular complexity index is 928. The fourth-order valence-corrected chi connectivity index (χ4v) is 3.34. The van der Waals surface area contributed by atoms with Gasteiger partial charge in [-0.15, -0.1) is 5.10 Å². The Labute approximate surface area is 141 Å². The van der Waals surface area contributed by atoms with Crippen LogP contribution in [0.5, 0.6) is 0 Å². The topological polar surface area (TPSA) is 68.5 Å². The van der Waals surface area contributed by atoms with Crippen LogP contribution in [0, 0.1) is 12.7 Å². The molecule has 0 fully saturated rings. The van der Waals surface area contributed by atoms with Crippen molar-refractivity contribution in [3.8, 4) is 11.4 Å². The normalized spacial score (nSPS) is 11.8. The van der Waals surface area contributed by atoms with Crippen LogP contribution < -0.4 is 5.32 Å². The SMILES string of the molecule is CNC(=O)/C(=C\OC)c1sc2nc(-c3ccc(F)cc3)nn2c1C. The molecule has 1 aromatic carbocycles. The first-order valence-corrected chi connectivity index (χ1v) is 7.94. The van der Waals surface area contributed by atoms with Crippen molar-refractivity contribution in [2.45, 2.75) is 6.92 Å². The number of amides is 1. The summed E-state index contributed by atoms with van der Waals surface area (Å²) in [4.78, 5) is 17.9. The van der Waals surface area contributed by atoms with Crippen molar-refractivity contribution in [1.29, 1.82) is 0 Å². The van der Waals surface area contributed by atoms with E-state index in [1.54, 1.807) is 23.7 Å². The van der Waals surface area contributed by atoms with E-state index in [2.05, 4.69) is 15.4 Å². The second-order valence-corrected chi connectivity index (χ2v) is 5.98. The average Bonchev–Trinajstić information content (AvgIpc) is 3.12. The molecule has 0 unspecified atom stereocenters. The van der Waals surface area contributed by atoms with Crippen molar-refractivity contribution in [2.75, 3.05) is 14.2 Å². The largest absolute Gasteiger partial charge is 0.503 e. The van der Waals surface area contributed by atoms with Gasteiger partial charge >= 0.3 is 0 Å². The van der Waals surface area contributed by atoms with Gasteiger partial charge in [-0.1, -0.05) is 11.3 Å². The van der Waals surface area contributed by atoms with E-state index < -0.39 is 0 Å². The lowest BCUT2D eigenvalue weighted by molar-refractivity contribution is -0.115. The van der Waals surface area contributed by atoms with Gasteiger partial charge in [0, 0.05) is 12.6 Å². The predicted molar refractivity (Wildman–Crippen MR) is 90.0 cm³/mol. The molecule has 124 valence electrons. The van der Waals surface area contributed by atoms with E-state index in [-0.39, 0.29) is 11.7 Å². The third kappa shape index (κ3) is 2.76. The number of hydrogen-bond acceptors (Lipinski definition) is 5. The van der Waals surface area contributed by atoms with Crippen LogP contribution in [-0.2, 0) is 9.53 Å². The Balaban J connectivity index is 2.07. The van der Waals surface area contributed by atoms with Gasteiger partial charge in [0.15, 0.2) is 5.82 Å². The van der Waals surface area contributed by atoms with E-state index in [9.17, 15) is 9.18 Å². The highest BCUT2D eigenvalue weighted by Gasteiger charge is 2.21. The summed E-state index contributed by atoms with van der Waals surface area (Å²) in [5.41, 5.74) is 1.92. The van der Waals surface area contributed by atoms with E-state index in [1.807, 2.05) is 6.92 Å². The first kappa shape index (κ1) is 16.1. The molecule has 0 aliphatic heterocycles. The lowest BCUT2D eigenvalue weighted by Crippen LogP contribution is -2.19. The molecule has 0 radical (unpaired) electrons. The van der Waals surface area contributed by atoms with Crippen LogP contribution in [0.15, 0.2) is 30.5 Å². The van der Waals surface area contributed by atoms with Crippen molar-refractivity contribution in [2.24, 2.45) is 0 Å². The number of ether oxygens (including phenoxy) is 1. The molecule has 0 saturated carbocycles. The molecule has 0 bridgehead atoms. The minimum absolute atomic E-state index is 0.247. The summed E-state index contributed by atoms with van der Waals surface area (Å²) in [6, 6.07) is 6.00. The molecule has 0 spiro atoms. The molecule has 0 atom stereocenters. The quantitative estimate of drug-likeness (QED) is 0.582. The number of aryl methyl sites for hydroxylation is 1. The number of aromatic nitrogens is 3. The fourth-order valence-electron chi connectivity index (χ4n) is 2.28. The van der Waals surface area contributed by atoms with Crippen molar-refractivity contribution >= 4 is 27.8 Å². The first-order valence-electron chi connectivity index (χ1n) is 7.12. The van der Waals surface area contributed by atoms with Crippen LogP contribution in [0.25, 0.3) is 21.9 Å². The van der Waals surface area contributed by atoms with Crippen LogP contribution >= 0.6 is 11.3 Å². The monoisotopic (exact) mass is 346 g/mol. The molecule has 3 aromatic rings. The summed E-state index contributed by atoms with van der Waals surface area (Å²) < 4.78 is 19.7. The number of nitrogens with one attached hydrogen (secondary N) is 1. The molecule has 1 N–H and O–H groups in total. The number of nitrogens with zero attached hydrogens (tertiary/aromatic N) is 3. The Morgan fingerprint density at radius 1 is 1.38 bits per heavy atom. The van der Waals surface area contributed by atoms with E-state index in [1.165, 1.54) is 36.8 Å². The maximum atomic E-state index is 13.0. The minimum atomic E-state index is -0.307. The van der Waals surface area contributed by atoms with Gasteiger partial charge in [0.2, 0.25) is 4.96 Å². The second-order valence-electron chi connectivity index (χ2n) is 5.00. The summed E-state index contributed by atoms with van der Waals surface area (Å²) in [7, 11) is 3.05. The number of fused-ring (bicyclic) bond motifs is 1. The third-order valence-electron chi connectivity index (χ3n) is 3.47. The molecule has 1 amide bonds. The highest BCUT2D eigenvalue weighted by atomic mass is 32.1. The minimum Gasteiger partial charge on any atom is -0.503 e. The molecule has 0 saturated heterocycles. The third-order valence-corrected chi connectivity index (χ3v) is 4.64. The molecular weight excluding hydrogens is 331 g/mol. The summed E-state index contributed by atoms with van der Waals surface area (Å²) >= 11 is 1.34. The molecule has 24 heavy (non-hydrogen) atoms. The Hall–Kier alpha value is -2.74. The number of halogens is 1. The van der Waals surface area contributed by atoms with E-state index in [0.717, 1.165) is 16.1 Å². The van der Waals surface area contributed by atoms with Gasteiger partial charge < -0.3 is 10.1 Å². The Morgan fingerprint density at radius 3 is 2.67 bits per heavy atom. The van der Waals surface area contributed by atoms with E-state index in [0.29, 0.717) is 16.4 Å². The van der Waals surface area contributed by atoms with Crippen LogP contribution in [0.3, 0.4) is 0 Å². The number of likely N-dealkylation sites (N-methyl/N-ethyl adjacent to an activating group) is 1. The Kier molecular flexibility index (Phi) is 4.30. The van der Waals surface area contributed by atoms with Gasteiger partial charge in [-0.25, -0.2) is 8.91 Å². The van der Waals surface area contributed by atoms with Crippen molar-refractivity contribution in [1.82, 2.24) is 19.9 Å². The second kappa shape index (κ2) is 6.40. The number of thiazole rings is 1. The Morgan fingerprint density at radius 2 is 2.08 bits per heavy atom. The number of hydrogen-bond donors (Lipinski definition) is 1. The zero-order valence-corrected chi connectivity index (χ0v) is 14.1.